The zero-order valence-corrected chi connectivity index (χ0v) is 14.3. The second kappa shape index (κ2) is 7.13. The van der Waals surface area contributed by atoms with Crippen LogP contribution in [0.1, 0.15) is 44.4 Å². The maximum Gasteiger partial charge on any atom is 0.230 e. The predicted octanol–water partition coefficient (Wildman–Crippen LogP) is 3.29. The smallest absolute Gasteiger partial charge is 0.230 e. The van der Waals surface area contributed by atoms with Crippen molar-refractivity contribution in [2.75, 3.05) is 25.0 Å². The van der Waals surface area contributed by atoms with Gasteiger partial charge in [0, 0.05) is 30.7 Å². The molecule has 0 aliphatic carbocycles. The molecule has 1 saturated heterocycles. The van der Waals surface area contributed by atoms with Gasteiger partial charge in [0.15, 0.2) is 0 Å². The van der Waals surface area contributed by atoms with Crippen molar-refractivity contribution in [3.8, 4) is 0 Å². The first kappa shape index (κ1) is 16.0. The number of benzene rings is 1. The standard InChI is InChI=1S/C18H26N4O/c1-14(2)18-20-19-17(23-18)13-21(3)16-10-7-11-22(12-16)15-8-5-4-6-9-15/h4-6,8-9,14,16H,7,10-13H2,1-3H3. The van der Waals surface area contributed by atoms with Crippen LogP contribution in [-0.2, 0) is 6.54 Å². The lowest BCUT2D eigenvalue weighted by Gasteiger charge is -2.38. The highest BCUT2D eigenvalue weighted by Crippen LogP contribution is 2.22. The second-order valence-corrected chi connectivity index (χ2v) is 6.68. The van der Waals surface area contributed by atoms with Crippen LogP contribution >= 0.6 is 0 Å². The van der Waals surface area contributed by atoms with Crippen molar-refractivity contribution in [3.05, 3.63) is 42.1 Å². The zero-order chi connectivity index (χ0) is 16.2. The molecule has 1 aromatic heterocycles. The monoisotopic (exact) mass is 314 g/mol. The summed E-state index contributed by atoms with van der Waals surface area (Å²) in [5.41, 5.74) is 1.31. The van der Waals surface area contributed by atoms with Gasteiger partial charge in [-0.3, -0.25) is 4.90 Å². The first-order valence-corrected chi connectivity index (χ1v) is 8.46. The van der Waals surface area contributed by atoms with E-state index < -0.39 is 0 Å². The second-order valence-electron chi connectivity index (χ2n) is 6.68. The summed E-state index contributed by atoms with van der Waals surface area (Å²) in [5.74, 6) is 1.72. The van der Waals surface area contributed by atoms with E-state index in [1.807, 2.05) is 0 Å². The summed E-state index contributed by atoms with van der Waals surface area (Å²) >= 11 is 0. The lowest BCUT2D eigenvalue weighted by Crippen LogP contribution is -2.46. The van der Waals surface area contributed by atoms with Gasteiger partial charge in [-0.1, -0.05) is 32.0 Å². The quantitative estimate of drug-likeness (QED) is 0.847. The molecule has 1 atom stereocenters. The summed E-state index contributed by atoms with van der Waals surface area (Å²) in [7, 11) is 2.15. The predicted molar refractivity (Wildman–Crippen MR) is 91.5 cm³/mol. The van der Waals surface area contributed by atoms with Gasteiger partial charge in [0.2, 0.25) is 11.8 Å². The van der Waals surface area contributed by atoms with Crippen molar-refractivity contribution < 1.29 is 4.42 Å². The zero-order valence-electron chi connectivity index (χ0n) is 14.3. The fraction of sp³-hybridized carbons (Fsp3) is 0.556. The SMILES string of the molecule is CC(C)c1nnc(CN(C)C2CCCN(c3ccccc3)C2)o1. The molecule has 0 saturated carbocycles. The summed E-state index contributed by atoms with van der Waals surface area (Å²) in [6, 6.07) is 11.2. The van der Waals surface area contributed by atoms with Crippen LogP contribution in [0.4, 0.5) is 5.69 Å². The average molecular weight is 314 g/mol. The number of piperidine rings is 1. The van der Waals surface area contributed by atoms with Gasteiger partial charge >= 0.3 is 0 Å². The van der Waals surface area contributed by atoms with Crippen LogP contribution in [-0.4, -0.2) is 41.3 Å². The Morgan fingerprint density at radius 1 is 1.26 bits per heavy atom. The summed E-state index contributed by atoms with van der Waals surface area (Å²) < 4.78 is 5.74. The molecule has 0 amide bonds. The van der Waals surface area contributed by atoms with E-state index in [1.165, 1.54) is 18.5 Å². The minimum Gasteiger partial charge on any atom is -0.424 e. The molecule has 5 nitrogen and oxygen atoms in total. The molecule has 1 unspecified atom stereocenters. The largest absolute Gasteiger partial charge is 0.424 e. The summed E-state index contributed by atoms with van der Waals surface area (Å²) in [6.07, 6.45) is 2.43. The first-order valence-electron chi connectivity index (χ1n) is 8.46. The van der Waals surface area contributed by atoms with Gasteiger partial charge in [-0.25, -0.2) is 0 Å². The number of para-hydroxylation sites is 1. The molecular weight excluding hydrogens is 288 g/mol. The molecule has 124 valence electrons. The third kappa shape index (κ3) is 3.91. The van der Waals surface area contributed by atoms with E-state index >= 15 is 0 Å². The van der Waals surface area contributed by atoms with E-state index in [-0.39, 0.29) is 5.92 Å². The molecule has 2 aromatic rings. The van der Waals surface area contributed by atoms with Crippen molar-refractivity contribution in [2.24, 2.45) is 0 Å². The maximum absolute atomic E-state index is 5.74. The molecule has 0 spiro atoms. The number of anilines is 1. The van der Waals surface area contributed by atoms with Crippen molar-refractivity contribution >= 4 is 5.69 Å². The van der Waals surface area contributed by atoms with Gasteiger partial charge in [0.25, 0.3) is 0 Å². The molecule has 0 N–H and O–H groups in total. The van der Waals surface area contributed by atoms with Crippen LogP contribution in [0.2, 0.25) is 0 Å². The van der Waals surface area contributed by atoms with Gasteiger partial charge in [-0.2, -0.15) is 0 Å². The molecule has 1 fully saturated rings. The molecule has 23 heavy (non-hydrogen) atoms. The number of aromatic nitrogens is 2. The average Bonchev–Trinajstić information content (AvgIpc) is 3.04. The van der Waals surface area contributed by atoms with Crippen molar-refractivity contribution in [1.82, 2.24) is 15.1 Å². The highest BCUT2D eigenvalue weighted by Gasteiger charge is 2.24. The van der Waals surface area contributed by atoms with Crippen molar-refractivity contribution in [2.45, 2.75) is 45.2 Å². The minimum atomic E-state index is 0.282. The van der Waals surface area contributed by atoms with Gasteiger partial charge in [0.05, 0.1) is 6.54 Å². The van der Waals surface area contributed by atoms with Crippen LogP contribution in [0.25, 0.3) is 0 Å². The Morgan fingerprint density at radius 2 is 2.04 bits per heavy atom. The van der Waals surface area contributed by atoms with E-state index in [4.69, 9.17) is 4.42 Å². The Bertz CT molecular complexity index is 610. The minimum absolute atomic E-state index is 0.282. The Morgan fingerprint density at radius 3 is 2.74 bits per heavy atom. The topological polar surface area (TPSA) is 45.4 Å². The number of nitrogens with zero attached hydrogens (tertiary/aromatic N) is 4. The third-order valence-corrected chi connectivity index (χ3v) is 4.50. The molecule has 1 aromatic carbocycles. The van der Waals surface area contributed by atoms with Gasteiger partial charge in [-0.15, -0.1) is 10.2 Å². The normalized spacial score (nSPS) is 18.8. The van der Waals surface area contributed by atoms with E-state index in [2.05, 4.69) is 71.2 Å². The van der Waals surface area contributed by atoms with Crippen LogP contribution in [0.3, 0.4) is 0 Å². The lowest BCUT2D eigenvalue weighted by molar-refractivity contribution is 0.189. The molecular formula is C18H26N4O. The molecule has 3 rings (SSSR count). The number of hydrogen-bond donors (Lipinski definition) is 0. The van der Waals surface area contributed by atoms with Gasteiger partial charge < -0.3 is 9.32 Å². The molecule has 0 radical (unpaired) electrons. The number of rotatable bonds is 5. The molecule has 2 heterocycles. The highest BCUT2D eigenvalue weighted by molar-refractivity contribution is 5.46. The Balaban J connectivity index is 1.61. The fourth-order valence-corrected chi connectivity index (χ4v) is 3.09. The molecule has 1 aliphatic rings. The number of likely N-dealkylation sites (N-methyl/N-ethyl adjacent to an activating group) is 1. The van der Waals surface area contributed by atoms with Crippen LogP contribution in [0.5, 0.6) is 0 Å². The Labute approximate surface area is 138 Å². The third-order valence-electron chi connectivity index (χ3n) is 4.50. The van der Waals surface area contributed by atoms with Crippen molar-refractivity contribution in [1.29, 1.82) is 0 Å². The van der Waals surface area contributed by atoms with Crippen LogP contribution in [0, 0.1) is 0 Å². The van der Waals surface area contributed by atoms with Crippen LogP contribution in [0.15, 0.2) is 34.7 Å². The van der Waals surface area contributed by atoms with E-state index in [0.717, 1.165) is 19.0 Å². The highest BCUT2D eigenvalue weighted by atomic mass is 16.4. The van der Waals surface area contributed by atoms with Crippen molar-refractivity contribution in [3.63, 3.8) is 0 Å². The first-order chi connectivity index (χ1) is 11.1. The van der Waals surface area contributed by atoms with E-state index in [9.17, 15) is 0 Å². The molecule has 0 bridgehead atoms. The maximum atomic E-state index is 5.74. The van der Waals surface area contributed by atoms with E-state index in [0.29, 0.717) is 18.5 Å². The Kier molecular flexibility index (Phi) is 4.96. The molecule has 5 heteroatoms. The summed E-state index contributed by atoms with van der Waals surface area (Å²) in [4.78, 5) is 4.81. The Hall–Kier alpha value is -1.88. The summed E-state index contributed by atoms with van der Waals surface area (Å²) in [6.45, 7) is 7.03. The molecule has 1 aliphatic heterocycles. The van der Waals surface area contributed by atoms with E-state index in [1.54, 1.807) is 0 Å². The fourth-order valence-electron chi connectivity index (χ4n) is 3.09. The van der Waals surface area contributed by atoms with Gasteiger partial charge in [0.1, 0.15) is 0 Å². The summed E-state index contributed by atoms with van der Waals surface area (Å²) in [5, 5.41) is 8.30. The lowest BCUT2D eigenvalue weighted by atomic mass is 10.0. The van der Waals surface area contributed by atoms with Crippen LogP contribution < -0.4 is 4.90 Å². The number of hydrogen-bond acceptors (Lipinski definition) is 5. The van der Waals surface area contributed by atoms with Gasteiger partial charge in [-0.05, 0) is 32.0 Å².